The predicted octanol–water partition coefficient (Wildman–Crippen LogP) is 3.52. The highest BCUT2D eigenvalue weighted by Gasteiger charge is 2.39. The van der Waals surface area contributed by atoms with Gasteiger partial charge in [0.25, 0.3) is 0 Å². The van der Waals surface area contributed by atoms with Crippen molar-refractivity contribution >= 4 is 11.8 Å². The topological polar surface area (TPSA) is 64.6 Å². The Bertz CT molecular complexity index is 850. The van der Waals surface area contributed by atoms with E-state index in [4.69, 9.17) is 9.47 Å². The molecule has 1 aromatic rings. The minimum absolute atomic E-state index is 0.0278. The van der Waals surface area contributed by atoms with E-state index in [-0.39, 0.29) is 24.3 Å². The molecule has 3 aliphatic rings. The van der Waals surface area contributed by atoms with Crippen LogP contribution in [0.15, 0.2) is 46.8 Å². The number of Topliss-reactive ketones (excluding diaryl/α,β-unsaturated/α-hetero) is 1. The molecule has 1 aromatic carbocycles. The van der Waals surface area contributed by atoms with E-state index in [1.165, 1.54) is 12.1 Å². The van der Waals surface area contributed by atoms with Gasteiger partial charge in [-0.3, -0.25) is 4.79 Å². The van der Waals surface area contributed by atoms with Crippen molar-refractivity contribution in [2.24, 2.45) is 0 Å². The second-order valence-corrected chi connectivity index (χ2v) is 7.55. The van der Waals surface area contributed by atoms with E-state index in [0.29, 0.717) is 35.4 Å². The number of ketones is 1. The fourth-order valence-corrected chi connectivity index (χ4v) is 4.26. The number of allylic oxidation sites excluding steroid dienone is 3. The summed E-state index contributed by atoms with van der Waals surface area (Å²) in [4.78, 5) is 25.8. The molecule has 0 spiro atoms. The van der Waals surface area contributed by atoms with Gasteiger partial charge < -0.3 is 14.8 Å². The highest BCUT2D eigenvalue weighted by atomic mass is 19.1. The summed E-state index contributed by atoms with van der Waals surface area (Å²) < 4.78 is 24.6. The molecular formula is C22H24FNO4. The van der Waals surface area contributed by atoms with Gasteiger partial charge in [-0.1, -0.05) is 12.1 Å². The quantitative estimate of drug-likeness (QED) is 0.804. The maximum absolute atomic E-state index is 13.5. The van der Waals surface area contributed by atoms with E-state index in [1.54, 1.807) is 12.1 Å². The average Bonchev–Trinajstić information content (AvgIpc) is 3.19. The lowest BCUT2D eigenvalue weighted by molar-refractivity contribution is -0.142. The van der Waals surface area contributed by atoms with Gasteiger partial charge >= 0.3 is 5.97 Å². The fourth-order valence-electron chi connectivity index (χ4n) is 4.26. The van der Waals surface area contributed by atoms with Crippen molar-refractivity contribution in [3.8, 4) is 0 Å². The molecule has 0 amide bonds. The van der Waals surface area contributed by atoms with Gasteiger partial charge in [-0.25, -0.2) is 9.18 Å². The van der Waals surface area contributed by atoms with Crippen LogP contribution in [0.5, 0.6) is 0 Å². The molecule has 0 unspecified atom stereocenters. The molecule has 1 N–H and O–H groups in total. The third-order valence-electron chi connectivity index (χ3n) is 5.62. The zero-order chi connectivity index (χ0) is 19.7. The van der Waals surface area contributed by atoms with Crippen LogP contribution in [0, 0.1) is 5.82 Å². The number of esters is 1. The Hall–Kier alpha value is -2.47. The van der Waals surface area contributed by atoms with E-state index in [1.807, 2.05) is 6.92 Å². The second-order valence-electron chi connectivity index (χ2n) is 7.55. The SMILES string of the molecule is CC1=C(C(=O)OC[C@H]2CCCO2)[C@@H](c2ccc(F)cc2)C2=C(CCCC2=O)N1. The molecule has 1 aliphatic carbocycles. The number of carbonyl (C=O) groups is 2. The number of benzene rings is 1. The normalized spacial score (nSPS) is 24.9. The maximum atomic E-state index is 13.5. The van der Waals surface area contributed by atoms with Gasteiger partial charge in [0.2, 0.25) is 0 Å². The Kier molecular flexibility index (Phi) is 5.31. The molecule has 2 aliphatic heterocycles. The van der Waals surface area contributed by atoms with Crippen LogP contribution in [-0.2, 0) is 19.1 Å². The Labute approximate surface area is 163 Å². The Balaban J connectivity index is 1.68. The third kappa shape index (κ3) is 3.61. The van der Waals surface area contributed by atoms with Crippen LogP contribution in [0.2, 0.25) is 0 Å². The molecule has 0 saturated carbocycles. The number of hydrogen-bond donors (Lipinski definition) is 1. The molecule has 28 heavy (non-hydrogen) atoms. The highest BCUT2D eigenvalue weighted by Crippen LogP contribution is 2.42. The van der Waals surface area contributed by atoms with Gasteiger partial charge in [-0.15, -0.1) is 0 Å². The summed E-state index contributed by atoms with van der Waals surface area (Å²) in [7, 11) is 0. The summed E-state index contributed by atoms with van der Waals surface area (Å²) in [6.07, 6.45) is 3.76. The standard InChI is InChI=1S/C22H24FNO4/c1-13-19(22(26)28-12-16-4-3-11-27-16)20(14-7-9-15(23)10-8-14)21-17(24-13)5-2-6-18(21)25/h7-10,16,20,24H,2-6,11-12H2,1H3/t16-,20-/m1/s1. The van der Waals surface area contributed by atoms with E-state index in [9.17, 15) is 14.0 Å². The first kappa shape index (κ1) is 18.9. The van der Waals surface area contributed by atoms with Crippen molar-refractivity contribution in [3.05, 3.63) is 58.2 Å². The molecule has 2 heterocycles. The highest BCUT2D eigenvalue weighted by molar-refractivity contribution is 6.03. The molecule has 6 heteroatoms. The number of ether oxygens (including phenoxy) is 2. The summed E-state index contributed by atoms with van der Waals surface area (Å²) in [5.41, 5.74) is 3.28. The Morgan fingerprint density at radius 2 is 2.04 bits per heavy atom. The number of rotatable bonds is 4. The minimum atomic E-state index is -0.540. The summed E-state index contributed by atoms with van der Waals surface area (Å²) in [5.74, 6) is -1.33. The van der Waals surface area contributed by atoms with Crippen molar-refractivity contribution in [1.82, 2.24) is 5.32 Å². The molecule has 4 rings (SSSR count). The van der Waals surface area contributed by atoms with Crippen LogP contribution in [-0.4, -0.2) is 31.1 Å². The number of nitrogens with one attached hydrogen (secondary N) is 1. The van der Waals surface area contributed by atoms with Gasteiger partial charge in [0, 0.05) is 35.9 Å². The van der Waals surface area contributed by atoms with Crippen LogP contribution in [0.1, 0.15) is 50.5 Å². The van der Waals surface area contributed by atoms with Crippen LogP contribution in [0.4, 0.5) is 4.39 Å². The van der Waals surface area contributed by atoms with Gasteiger partial charge in [0.15, 0.2) is 5.78 Å². The molecule has 2 atom stereocenters. The lowest BCUT2D eigenvalue weighted by Crippen LogP contribution is -2.35. The number of dihydropyridines is 1. The third-order valence-corrected chi connectivity index (χ3v) is 5.62. The average molecular weight is 385 g/mol. The van der Waals surface area contributed by atoms with Crippen LogP contribution >= 0.6 is 0 Å². The molecule has 148 valence electrons. The summed E-state index contributed by atoms with van der Waals surface area (Å²) in [6.45, 7) is 2.71. The van der Waals surface area contributed by atoms with Crippen molar-refractivity contribution in [2.75, 3.05) is 13.2 Å². The van der Waals surface area contributed by atoms with Gasteiger partial charge in [0.05, 0.1) is 11.7 Å². The summed E-state index contributed by atoms with van der Waals surface area (Å²) in [5, 5.41) is 3.25. The first-order chi connectivity index (χ1) is 13.5. The van der Waals surface area contributed by atoms with Crippen molar-refractivity contribution in [2.45, 2.75) is 51.0 Å². The largest absolute Gasteiger partial charge is 0.459 e. The van der Waals surface area contributed by atoms with Crippen LogP contribution < -0.4 is 5.32 Å². The number of halogens is 1. The van der Waals surface area contributed by atoms with E-state index < -0.39 is 11.9 Å². The van der Waals surface area contributed by atoms with Crippen LogP contribution in [0.3, 0.4) is 0 Å². The summed E-state index contributed by atoms with van der Waals surface area (Å²) in [6, 6.07) is 5.99. The lowest BCUT2D eigenvalue weighted by Gasteiger charge is -2.34. The predicted molar refractivity (Wildman–Crippen MR) is 101 cm³/mol. The van der Waals surface area contributed by atoms with Crippen molar-refractivity contribution < 1.29 is 23.5 Å². The summed E-state index contributed by atoms with van der Waals surface area (Å²) >= 11 is 0. The van der Waals surface area contributed by atoms with E-state index in [2.05, 4.69) is 5.32 Å². The molecule has 1 saturated heterocycles. The zero-order valence-corrected chi connectivity index (χ0v) is 15.9. The Morgan fingerprint density at radius 3 is 2.75 bits per heavy atom. The second kappa shape index (κ2) is 7.87. The monoisotopic (exact) mass is 385 g/mol. The van der Waals surface area contributed by atoms with E-state index in [0.717, 1.165) is 31.4 Å². The molecule has 5 nitrogen and oxygen atoms in total. The molecule has 0 radical (unpaired) electrons. The van der Waals surface area contributed by atoms with Gasteiger partial charge in [0.1, 0.15) is 12.4 Å². The lowest BCUT2D eigenvalue weighted by atomic mass is 9.75. The van der Waals surface area contributed by atoms with E-state index >= 15 is 0 Å². The van der Waals surface area contributed by atoms with Crippen molar-refractivity contribution in [3.63, 3.8) is 0 Å². The zero-order valence-electron chi connectivity index (χ0n) is 15.9. The first-order valence-electron chi connectivity index (χ1n) is 9.83. The van der Waals surface area contributed by atoms with Gasteiger partial charge in [-0.2, -0.15) is 0 Å². The molecule has 0 aromatic heterocycles. The molecule has 0 bridgehead atoms. The Morgan fingerprint density at radius 1 is 1.25 bits per heavy atom. The number of hydrogen-bond acceptors (Lipinski definition) is 5. The van der Waals surface area contributed by atoms with Crippen molar-refractivity contribution in [1.29, 1.82) is 0 Å². The fraction of sp³-hybridized carbons (Fsp3) is 0.455. The van der Waals surface area contributed by atoms with Crippen LogP contribution in [0.25, 0.3) is 0 Å². The molecule has 1 fully saturated rings. The molecular weight excluding hydrogens is 361 g/mol. The van der Waals surface area contributed by atoms with Gasteiger partial charge in [-0.05, 0) is 50.3 Å². The smallest absolute Gasteiger partial charge is 0.336 e. The maximum Gasteiger partial charge on any atom is 0.336 e. The number of carbonyl (C=O) groups excluding carboxylic acids is 2. The first-order valence-corrected chi connectivity index (χ1v) is 9.83. The minimum Gasteiger partial charge on any atom is -0.459 e.